The summed E-state index contributed by atoms with van der Waals surface area (Å²) in [6.07, 6.45) is 5.74. The fraction of sp³-hybridized carbons (Fsp3) is 0.438. The summed E-state index contributed by atoms with van der Waals surface area (Å²) in [5.41, 5.74) is 1.10. The molecular weight excluding hydrogens is 273 g/mol. The Morgan fingerprint density at radius 1 is 1.43 bits per heavy atom. The van der Waals surface area contributed by atoms with Gasteiger partial charge in [0, 0.05) is 30.8 Å². The van der Waals surface area contributed by atoms with E-state index in [0.717, 1.165) is 18.9 Å². The van der Waals surface area contributed by atoms with Gasteiger partial charge < -0.3 is 10.2 Å². The summed E-state index contributed by atoms with van der Waals surface area (Å²) < 4.78 is 14.1. The first-order valence-electron chi connectivity index (χ1n) is 7.14. The Morgan fingerprint density at radius 2 is 2.19 bits per heavy atom. The van der Waals surface area contributed by atoms with Gasteiger partial charge in [0.2, 0.25) is 0 Å². The lowest BCUT2D eigenvalue weighted by Gasteiger charge is -2.37. The molecule has 114 valence electrons. The standard InChI is InChI=1S/C16H20FNO3/c17-15-10-12(5-7-16(20)21)4-6-13(15)11-18(8-9-19)14-2-1-3-14/h4-7,10,14,19H,1-3,8-9,11H2,(H,20,21)/b7-5+. The summed E-state index contributed by atoms with van der Waals surface area (Å²) in [6.45, 7) is 1.09. The van der Waals surface area contributed by atoms with E-state index in [1.165, 1.54) is 18.6 Å². The summed E-state index contributed by atoms with van der Waals surface area (Å²) >= 11 is 0. The van der Waals surface area contributed by atoms with Crippen LogP contribution in [-0.4, -0.2) is 40.3 Å². The van der Waals surface area contributed by atoms with Crippen molar-refractivity contribution in [3.8, 4) is 0 Å². The zero-order valence-corrected chi connectivity index (χ0v) is 11.8. The van der Waals surface area contributed by atoms with Gasteiger partial charge in [0.15, 0.2) is 0 Å². The third kappa shape index (κ3) is 4.37. The molecule has 1 aromatic rings. The van der Waals surface area contributed by atoms with E-state index < -0.39 is 5.97 Å². The molecule has 1 aromatic carbocycles. The van der Waals surface area contributed by atoms with Crippen LogP contribution in [-0.2, 0) is 11.3 Å². The lowest BCUT2D eigenvalue weighted by Crippen LogP contribution is -2.41. The van der Waals surface area contributed by atoms with E-state index in [2.05, 4.69) is 4.90 Å². The molecule has 2 rings (SSSR count). The van der Waals surface area contributed by atoms with E-state index >= 15 is 0 Å². The highest BCUT2D eigenvalue weighted by Crippen LogP contribution is 2.26. The van der Waals surface area contributed by atoms with Gasteiger partial charge in [-0.15, -0.1) is 0 Å². The summed E-state index contributed by atoms with van der Waals surface area (Å²) in [7, 11) is 0. The maximum Gasteiger partial charge on any atom is 0.328 e. The highest BCUT2D eigenvalue weighted by atomic mass is 19.1. The molecule has 0 amide bonds. The van der Waals surface area contributed by atoms with Crippen LogP contribution in [0.1, 0.15) is 30.4 Å². The molecule has 21 heavy (non-hydrogen) atoms. The molecule has 0 aliphatic heterocycles. The number of rotatable bonds is 7. The molecule has 0 saturated heterocycles. The molecule has 5 heteroatoms. The average molecular weight is 293 g/mol. The van der Waals surface area contributed by atoms with Gasteiger partial charge >= 0.3 is 5.97 Å². The predicted octanol–water partition coefficient (Wildman–Crippen LogP) is 2.27. The van der Waals surface area contributed by atoms with Crippen molar-refractivity contribution in [3.05, 3.63) is 41.2 Å². The molecule has 0 unspecified atom stereocenters. The number of aliphatic hydroxyl groups excluding tert-OH is 1. The number of hydrogen-bond donors (Lipinski definition) is 2. The molecule has 0 aromatic heterocycles. The van der Waals surface area contributed by atoms with Crippen LogP contribution in [0.3, 0.4) is 0 Å². The predicted molar refractivity (Wildman–Crippen MR) is 78.2 cm³/mol. The van der Waals surface area contributed by atoms with Crippen molar-refractivity contribution < 1.29 is 19.4 Å². The van der Waals surface area contributed by atoms with Gasteiger partial charge in [-0.3, -0.25) is 4.90 Å². The molecule has 1 aliphatic rings. The van der Waals surface area contributed by atoms with Crippen molar-refractivity contribution in [2.45, 2.75) is 31.8 Å². The maximum atomic E-state index is 14.1. The van der Waals surface area contributed by atoms with E-state index in [0.29, 0.717) is 30.3 Å². The van der Waals surface area contributed by atoms with Crippen LogP contribution in [0, 0.1) is 5.82 Å². The molecule has 0 heterocycles. The molecule has 4 nitrogen and oxygen atoms in total. The summed E-state index contributed by atoms with van der Waals surface area (Å²) in [5, 5.41) is 17.7. The van der Waals surface area contributed by atoms with E-state index in [-0.39, 0.29) is 12.4 Å². The fourth-order valence-electron chi connectivity index (χ4n) is 2.45. The first-order chi connectivity index (χ1) is 10.1. The summed E-state index contributed by atoms with van der Waals surface area (Å²) in [5.74, 6) is -1.40. The number of halogens is 1. The highest BCUT2D eigenvalue weighted by molar-refractivity contribution is 5.85. The van der Waals surface area contributed by atoms with Gasteiger partial charge in [-0.25, -0.2) is 9.18 Å². The van der Waals surface area contributed by atoms with Crippen LogP contribution < -0.4 is 0 Å². The Bertz CT molecular complexity index is 526. The number of aliphatic carboxylic acids is 1. The SMILES string of the molecule is O=C(O)/C=C/c1ccc(CN(CCO)C2CCC2)c(F)c1. The van der Waals surface area contributed by atoms with Crippen LogP contribution in [0.5, 0.6) is 0 Å². The van der Waals surface area contributed by atoms with Crippen molar-refractivity contribution in [1.29, 1.82) is 0 Å². The van der Waals surface area contributed by atoms with Gasteiger partial charge in [0.25, 0.3) is 0 Å². The molecule has 1 fully saturated rings. The number of nitrogens with zero attached hydrogens (tertiary/aromatic N) is 1. The van der Waals surface area contributed by atoms with Gasteiger partial charge in [-0.2, -0.15) is 0 Å². The van der Waals surface area contributed by atoms with Crippen LogP contribution >= 0.6 is 0 Å². The first-order valence-corrected chi connectivity index (χ1v) is 7.14. The smallest absolute Gasteiger partial charge is 0.328 e. The second-order valence-corrected chi connectivity index (χ2v) is 5.30. The largest absolute Gasteiger partial charge is 0.478 e. The lowest BCUT2D eigenvalue weighted by molar-refractivity contribution is -0.131. The number of carboxylic acids is 1. The van der Waals surface area contributed by atoms with Crippen molar-refractivity contribution in [2.24, 2.45) is 0 Å². The Labute approximate surface area is 123 Å². The van der Waals surface area contributed by atoms with Gasteiger partial charge in [-0.1, -0.05) is 18.6 Å². The third-order valence-corrected chi connectivity index (χ3v) is 3.85. The lowest BCUT2D eigenvalue weighted by atomic mass is 9.91. The summed E-state index contributed by atoms with van der Waals surface area (Å²) in [6, 6.07) is 5.16. The quantitative estimate of drug-likeness (QED) is 0.757. The minimum atomic E-state index is -1.06. The second kappa shape index (κ2) is 7.33. The number of aliphatic hydroxyl groups is 1. The Balaban J connectivity index is 2.06. The van der Waals surface area contributed by atoms with Gasteiger partial charge in [-0.05, 0) is 30.5 Å². The monoisotopic (exact) mass is 293 g/mol. The van der Waals surface area contributed by atoms with Gasteiger partial charge in [0.1, 0.15) is 5.82 Å². The molecule has 1 aliphatic carbocycles. The molecular formula is C16H20FNO3. The number of hydrogen-bond acceptors (Lipinski definition) is 3. The highest BCUT2D eigenvalue weighted by Gasteiger charge is 2.25. The van der Waals surface area contributed by atoms with Crippen LogP contribution in [0.25, 0.3) is 6.08 Å². The molecule has 1 saturated carbocycles. The first kappa shape index (κ1) is 15.7. The zero-order chi connectivity index (χ0) is 15.2. The van der Waals surface area contributed by atoms with E-state index in [9.17, 15) is 9.18 Å². The second-order valence-electron chi connectivity index (χ2n) is 5.30. The minimum absolute atomic E-state index is 0.0670. The van der Waals surface area contributed by atoms with Crippen LogP contribution in [0.2, 0.25) is 0 Å². The van der Waals surface area contributed by atoms with Crippen LogP contribution in [0.4, 0.5) is 4.39 Å². The molecule has 0 bridgehead atoms. The third-order valence-electron chi connectivity index (χ3n) is 3.85. The van der Waals surface area contributed by atoms with Crippen LogP contribution in [0.15, 0.2) is 24.3 Å². The maximum absolute atomic E-state index is 14.1. The van der Waals surface area contributed by atoms with E-state index in [1.54, 1.807) is 12.1 Å². The number of carboxylic acid groups (broad SMARTS) is 1. The minimum Gasteiger partial charge on any atom is -0.478 e. The van der Waals surface area contributed by atoms with Crippen molar-refractivity contribution >= 4 is 12.0 Å². The number of benzene rings is 1. The average Bonchev–Trinajstić information content (AvgIpc) is 2.37. The Hall–Kier alpha value is -1.72. The van der Waals surface area contributed by atoms with Crippen molar-refractivity contribution in [2.75, 3.05) is 13.2 Å². The molecule has 2 N–H and O–H groups in total. The fourth-order valence-corrected chi connectivity index (χ4v) is 2.45. The Kier molecular flexibility index (Phi) is 5.47. The van der Waals surface area contributed by atoms with E-state index in [4.69, 9.17) is 10.2 Å². The topological polar surface area (TPSA) is 60.8 Å². The zero-order valence-electron chi connectivity index (χ0n) is 11.8. The molecule has 0 atom stereocenters. The normalized spacial score (nSPS) is 15.6. The van der Waals surface area contributed by atoms with Crippen molar-refractivity contribution in [1.82, 2.24) is 4.90 Å². The Morgan fingerprint density at radius 3 is 2.71 bits per heavy atom. The number of carbonyl (C=O) groups is 1. The van der Waals surface area contributed by atoms with Gasteiger partial charge in [0.05, 0.1) is 6.61 Å². The summed E-state index contributed by atoms with van der Waals surface area (Å²) in [4.78, 5) is 12.6. The molecule has 0 spiro atoms. The van der Waals surface area contributed by atoms with E-state index in [1.807, 2.05) is 0 Å². The molecule has 0 radical (unpaired) electrons. The van der Waals surface area contributed by atoms with Crippen molar-refractivity contribution in [3.63, 3.8) is 0 Å².